The summed E-state index contributed by atoms with van der Waals surface area (Å²) in [5.74, 6) is -0.817. The number of hydrogen-bond donors (Lipinski definition) is 2. The maximum Gasteiger partial charge on any atom is 0.337 e. The molecule has 2 amide bonds. The van der Waals surface area contributed by atoms with Gasteiger partial charge in [0.25, 0.3) is 0 Å². The second-order valence-electron chi connectivity index (χ2n) is 4.78. The Hall–Kier alpha value is -3.00. The Morgan fingerprint density at radius 2 is 1.88 bits per heavy atom. The molecular formula is C16H12FN3O3S. The Morgan fingerprint density at radius 1 is 1.12 bits per heavy atom. The van der Waals surface area contributed by atoms with Crippen molar-refractivity contribution in [2.45, 2.75) is 0 Å². The lowest BCUT2D eigenvalue weighted by Gasteiger charge is -2.04. The maximum atomic E-state index is 12.8. The molecule has 2 N–H and O–H groups in total. The van der Waals surface area contributed by atoms with Crippen molar-refractivity contribution in [1.29, 1.82) is 0 Å². The Balaban J connectivity index is 1.73. The molecule has 2 aromatic carbocycles. The number of nitrogens with one attached hydrogen (secondary N) is 2. The molecule has 0 fully saturated rings. The fourth-order valence-corrected chi connectivity index (χ4v) is 2.92. The molecule has 8 heteroatoms. The molecule has 1 aromatic heterocycles. The van der Waals surface area contributed by atoms with E-state index in [1.54, 1.807) is 18.2 Å². The van der Waals surface area contributed by atoms with E-state index in [0.29, 0.717) is 21.9 Å². The summed E-state index contributed by atoms with van der Waals surface area (Å²) < 4.78 is 18.3. The number of methoxy groups -OCH3 is 1. The standard InChI is InChI=1S/C16H12FN3O3S/c1-23-14(21)9-2-7-12-13(8-9)24-16(19-12)20-15(22)18-11-5-3-10(17)4-6-11/h2-8H,1H3,(H2,18,19,20,22). The van der Waals surface area contributed by atoms with Crippen LogP contribution in [0.25, 0.3) is 10.2 Å². The van der Waals surface area contributed by atoms with Gasteiger partial charge in [0.1, 0.15) is 5.82 Å². The molecule has 0 saturated heterocycles. The van der Waals surface area contributed by atoms with Crippen LogP contribution in [0.3, 0.4) is 0 Å². The van der Waals surface area contributed by atoms with Gasteiger partial charge in [-0.05, 0) is 42.5 Å². The molecule has 0 bridgehead atoms. The van der Waals surface area contributed by atoms with Crippen molar-refractivity contribution >= 4 is 44.4 Å². The average Bonchev–Trinajstić information content (AvgIpc) is 2.97. The van der Waals surface area contributed by atoms with Gasteiger partial charge in [0.15, 0.2) is 5.13 Å². The predicted molar refractivity (Wildman–Crippen MR) is 90.0 cm³/mol. The SMILES string of the molecule is COC(=O)c1ccc2nc(NC(=O)Nc3ccc(F)cc3)sc2c1. The van der Waals surface area contributed by atoms with Crippen LogP contribution in [0.15, 0.2) is 42.5 Å². The zero-order valence-electron chi connectivity index (χ0n) is 12.5. The number of anilines is 2. The summed E-state index contributed by atoms with van der Waals surface area (Å²) in [6.07, 6.45) is 0. The van der Waals surface area contributed by atoms with E-state index in [9.17, 15) is 14.0 Å². The van der Waals surface area contributed by atoms with Gasteiger partial charge in [-0.3, -0.25) is 5.32 Å². The smallest absolute Gasteiger partial charge is 0.337 e. The van der Waals surface area contributed by atoms with Gasteiger partial charge in [0, 0.05) is 5.69 Å². The fourth-order valence-electron chi connectivity index (χ4n) is 2.02. The minimum absolute atomic E-state index is 0.381. The number of ether oxygens (including phenoxy) is 1. The van der Waals surface area contributed by atoms with Crippen LogP contribution < -0.4 is 10.6 Å². The Morgan fingerprint density at radius 3 is 2.58 bits per heavy atom. The number of carbonyl (C=O) groups excluding carboxylic acids is 2. The van der Waals surface area contributed by atoms with Crippen LogP contribution in [0.4, 0.5) is 20.0 Å². The minimum Gasteiger partial charge on any atom is -0.465 e. The highest BCUT2D eigenvalue weighted by Gasteiger charge is 2.11. The van der Waals surface area contributed by atoms with Gasteiger partial charge in [-0.1, -0.05) is 11.3 Å². The molecule has 1 heterocycles. The highest BCUT2D eigenvalue weighted by Crippen LogP contribution is 2.27. The normalized spacial score (nSPS) is 10.4. The molecule has 0 atom stereocenters. The molecule has 122 valence electrons. The first-order chi connectivity index (χ1) is 11.5. The maximum absolute atomic E-state index is 12.8. The number of thiazole rings is 1. The van der Waals surface area contributed by atoms with Gasteiger partial charge < -0.3 is 10.1 Å². The molecule has 0 aliphatic heterocycles. The van der Waals surface area contributed by atoms with Crippen LogP contribution in [0.5, 0.6) is 0 Å². The topological polar surface area (TPSA) is 80.3 Å². The molecule has 3 aromatic rings. The largest absolute Gasteiger partial charge is 0.465 e. The lowest BCUT2D eigenvalue weighted by molar-refractivity contribution is 0.0601. The van der Waals surface area contributed by atoms with Crippen LogP contribution >= 0.6 is 11.3 Å². The van der Waals surface area contributed by atoms with E-state index in [0.717, 1.165) is 4.70 Å². The van der Waals surface area contributed by atoms with Gasteiger partial charge in [0.05, 0.1) is 22.9 Å². The Bertz CT molecular complexity index is 909. The van der Waals surface area contributed by atoms with E-state index >= 15 is 0 Å². The van der Waals surface area contributed by atoms with Crippen LogP contribution in [0.1, 0.15) is 10.4 Å². The lowest BCUT2D eigenvalue weighted by Crippen LogP contribution is -2.19. The van der Waals surface area contributed by atoms with Crippen LogP contribution in [-0.4, -0.2) is 24.1 Å². The highest BCUT2D eigenvalue weighted by atomic mass is 32.1. The molecule has 0 radical (unpaired) electrons. The summed E-state index contributed by atoms with van der Waals surface area (Å²) in [6.45, 7) is 0. The summed E-state index contributed by atoms with van der Waals surface area (Å²) in [6, 6.07) is 9.86. The lowest BCUT2D eigenvalue weighted by atomic mass is 10.2. The van der Waals surface area contributed by atoms with E-state index in [1.807, 2.05) is 0 Å². The number of rotatable bonds is 3. The number of nitrogens with zero attached hydrogens (tertiary/aromatic N) is 1. The summed E-state index contributed by atoms with van der Waals surface area (Å²) in [7, 11) is 1.31. The summed E-state index contributed by atoms with van der Waals surface area (Å²) in [5.41, 5.74) is 1.53. The van der Waals surface area contributed by atoms with Gasteiger partial charge in [-0.2, -0.15) is 0 Å². The van der Waals surface area contributed by atoms with Crippen molar-refractivity contribution in [3.63, 3.8) is 0 Å². The first-order valence-corrected chi connectivity index (χ1v) is 7.69. The molecule has 6 nitrogen and oxygen atoms in total. The average molecular weight is 345 g/mol. The number of amides is 2. The number of halogens is 1. The molecule has 0 unspecified atom stereocenters. The quantitative estimate of drug-likeness (QED) is 0.706. The monoisotopic (exact) mass is 345 g/mol. The third-order valence-corrected chi connectivity index (χ3v) is 4.07. The first-order valence-electron chi connectivity index (χ1n) is 6.87. The van der Waals surface area contributed by atoms with Crippen molar-refractivity contribution in [3.05, 3.63) is 53.8 Å². The van der Waals surface area contributed by atoms with Crippen molar-refractivity contribution in [1.82, 2.24) is 4.98 Å². The van der Waals surface area contributed by atoms with E-state index in [1.165, 1.54) is 42.7 Å². The second-order valence-corrected chi connectivity index (χ2v) is 5.81. The van der Waals surface area contributed by atoms with Crippen LogP contribution in [-0.2, 0) is 4.74 Å². The van der Waals surface area contributed by atoms with Crippen LogP contribution in [0, 0.1) is 5.82 Å². The Kier molecular flexibility index (Phi) is 4.39. The van der Waals surface area contributed by atoms with E-state index in [2.05, 4.69) is 20.4 Å². The van der Waals surface area contributed by atoms with Crippen LogP contribution in [0.2, 0.25) is 0 Å². The van der Waals surface area contributed by atoms with E-state index in [4.69, 9.17) is 0 Å². The zero-order valence-corrected chi connectivity index (χ0v) is 13.3. The number of urea groups is 1. The molecule has 0 aliphatic rings. The third kappa shape index (κ3) is 3.49. The fraction of sp³-hybridized carbons (Fsp3) is 0.0625. The summed E-state index contributed by atoms with van der Waals surface area (Å²) in [5, 5.41) is 5.56. The molecule has 3 rings (SSSR count). The predicted octanol–water partition coefficient (Wildman–Crippen LogP) is 3.87. The number of hydrogen-bond acceptors (Lipinski definition) is 5. The van der Waals surface area contributed by atoms with E-state index in [-0.39, 0.29) is 5.82 Å². The number of benzene rings is 2. The van der Waals surface area contributed by atoms with Gasteiger partial charge in [-0.15, -0.1) is 0 Å². The summed E-state index contributed by atoms with van der Waals surface area (Å²) >= 11 is 1.23. The van der Waals surface area contributed by atoms with E-state index < -0.39 is 12.0 Å². The van der Waals surface area contributed by atoms with Gasteiger partial charge in [-0.25, -0.2) is 19.0 Å². The highest BCUT2D eigenvalue weighted by molar-refractivity contribution is 7.22. The first kappa shape index (κ1) is 15.9. The van der Waals surface area contributed by atoms with Gasteiger partial charge in [0.2, 0.25) is 0 Å². The van der Waals surface area contributed by atoms with Crippen molar-refractivity contribution in [2.24, 2.45) is 0 Å². The van der Waals surface area contributed by atoms with Gasteiger partial charge >= 0.3 is 12.0 Å². The number of fused-ring (bicyclic) bond motifs is 1. The number of esters is 1. The number of carbonyl (C=O) groups is 2. The van der Waals surface area contributed by atoms with Crippen molar-refractivity contribution in [3.8, 4) is 0 Å². The molecule has 0 aliphatic carbocycles. The number of aromatic nitrogens is 1. The van der Waals surface area contributed by atoms with Crippen molar-refractivity contribution < 1.29 is 18.7 Å². The zero-order chi connectivity index (χ0) is 17.1. The third-order valence-electron chi connectivity index (χ3n) is 3.13. The minimum atomic E-state index is -0.492. The molecule has 24 heavy (non-hydrogen) atoms. The molecule has 0 spiro atoms. The summed E-state index contributed by atoms with van der Waals surface area (Å²) in [4.78, 5) is 27.7. The second kappa shape index (κ2) is 6.63. The van der Waals surface area contributed by atoms with Crippen molar-refractivity contribution in [2.75, 3.05) is 17.7 Å². The Labute approximate surface area is 140 Å². The molecular weight excluding hydrogens is 333 g/mol. The molecule has 0 saturated carbocycles.